The molecule has 1 aromatic rings. The summed E-state index contributed by atoms with van der Waals surface area (Å²) in [5.74, 6) is -0.609. The van der Waals surface area contributed by atoms with E-state index in [-0.39, 0.29) is 17.4 Å². The lowest BCUT2D eigenvalue weighted by Crippen LogP contribution is -2.37. The van der Waals surface area contributed by atoms with Gasteiger partial charge in [-0.2, -0.15) is 0 Å². The lowest BCUT2D eigenvalue weighted by Gasteiger charge is -2.06. The molecule has 0 atom stereocenters. The number of nitrogens with one attached hydrogen (secondary N) is 2. The van der Waals surface area contributed by atoms with Gasteiger partial charge < -0.3 is 15.4 Å². The molecule has 0 unspecified atom stereocenters. The van der Waals surface area contributed by atoms with Gasteiger partial charge in [-0.15, -0.1) is 0 Å². The monoisotopic (exact) mass is 266 g/mol. The maximum absolute atomic E-state index is 11.5. The van der Waals surface area contributed by atoms with Crippen LogP contribution in [0.2, 0.25) is 0 Å². The number of ether oxygens (including phenoxy) is 1. The highest BCUT2D eigenvalue weighted by Gasteiger charge is 2.07. The summed E-state index contributed by atoms with van der Waals surface area (Å²) >= 11 is 4.81. The van der Waals surface area contributed by atoms with Crippen molar-refractivity contribution in [2.45, 2.75) is 6.42 Å². The lowest BCUT2D eigenvalue weighted by atomic mass is 10.1. The molecule has 0 aliphatic rings. The zero-order valence-corrected chi connectivity index (χ0v) is 11.0. The molecule has 0 saturated heterocycles. The molecule has 0 aliphatic heterocycles. The minimum Gasteiger partial charge on any atom is -0.465 e. The predicted molar refractivity (Wildman–Crippen MR) is 71.3 cm³/mol. The summed E-state index contributed by atoms with van der Waals surface area (Å²) in [4.78, 5) is 22.7. The Morgan fingerprint density at radius 3 is 2.39 bits per heavy atom. The molecule has 0 fully saturated rings. The third-order valence-corrected chi connectivity index (χ3v) is 2.53. The van der Waals surface area contributed by atoms with E-state index in [1.165, 1.54) is 7.11 Å². The molecule has 0 aromatic heterocycles. The molecule has 1 aromatic carbocycles. The van der Waals surface area contributed by atoms with Gasteiger partial charge in [-0.3, -0.25) is 4.79 Å². The normalized spacial score (nSPS) is 9.44. The molecule has 5 nitrogen and oxygen atoms in total. The third kappa shape index (κ3) is 4.14. The van der Waals surface area contributed by atoms with Crippen molar-refractivity contribution in [3.63, 3.8) is 0 Å². The highest BCUT2D eigenvalue weighted by atomic mass is 32.1. The second-order valence-corrected chi connectivity index (χ2v) is 3.90. The zero-order valence-electron chi connectivity index (χ0n) is 10.1. The molecule has 0 bridgehead atoms. The predicted octanol–water partition coefficient (Wildman–Crippen LogP) is 0.636. The fraction of sp³-hybridized carbons (Fsp3) is 0.250. The molecule has 18 heavy (non-hydrogen) atoms. The van der Waals surface area contributed by atoms with Crippen LogP contribution in [0.4, 0.5) is 0 Å². The van der Waals surface area contributed by atoms with Gasteiger partial charge in [0.25, 0.3) is 0 Å². The fourth-order valence-corrected chi connectivity index (χ4v) is 1.41. The molecule has 0 radical (unpaired) electrons. The van der Waals surface area contributed by atoms with Crippen molar-refractivity contribution in [3.8, 4) is 0 Å². The second-order valence-electron chi connectivity index (χ2n) is 3.49. The van der Waals surface area contributed by atoms with Gasteiger partial charge in [-0.05, 0) is 29.9 Å². The Morgan fingerprint density at radius 1 is 1.28 bits per heavy atom. The first-order valence-corrected chi connectivity index (χ1v) is 5.66. The van der Waals surface area contributed by atoms with Gasteiger partial charge in [0.15, 0.2) is 5.11 Å². The molecule has 6 heteroatoms. The van der Waals surface area contributed by atoms with Crippen LogP contribution in [0.1, 0.15) is 15.9 Å². The molecular formula is C12H14N2O3S. The Kier molecular flexibility index (Phi) is 5.26. The number of rotatable bonds is 3. The van der Waals surface area contributed by atoms with Crippen LogP contribution in [0.15, 0.2) is 24.3 Å². The average Bonchev–Trinajstić information content (AvgIpc) is 2.38. The summed E-state index contributed by atoms with van der Waals surface area (Å²) in [6.45, 7) is 0. The molecule has 0 spiro atoms. The molecule has 0 saturated carbocycles. The van der Waals surface area contributed by atoms with Gasteiger partial charge in [0.05, 0.1) is 19.1 Å². The number of amides is 1. The molecule has 2 N–H and O–H groups in total. The van der Waals surface area contributed by atoms with Gasteiger partial charge in [0, 0.05) is 7.05 Å². The summed E-state index contributed by atoms with van der Waals surface area (Å²) < 4.78 is 4.58. The number of esters is 1. The van der Waals surface area contributed by atoms with E-state index in [9.17, 15) is 9.59 Å². The number of benzene rings is 1. The Morgan fingerprint density at radius 2 is 1.89 bits per heavy atom. The van der Waals surface area contributed by atoms with E-state index in [0.717, 1.165) is 5.56 Å². The maximum atomic E-state index is 11.5. The zero-order chi connectivity index (χ0) is 13.5. The van der Waals surface area contributed by atoms with Gasteiger partial charge in [0.2, 0.25) is 5.91 Å². The van der Waals surface area contributed by atoms with Crippen LogP contribution in [0.3, 0.4) is 0 Å². The number of carbonyl (C=O) groups excluding carboxylic acids is 2. The van der Waals surface area contributed by atoms with Gasteiger partial charge in [-0.1, -0.05) is 12.1 Å². The van der Waals surface area contributed by atoms with Gasteiger partial charge in [-0.25, -0.2) is 4.79 Å². The summed E-state index contributed by atoms with van der Waals surface area (Å²) in [5.41, 5.74) is 1.24. The van der Waals surface area contributed by atoms with Crippen LogP contribution in [0.25, 0.3) is 0 Å². The van der Waals surface area contributed by atoms with Crippen LogP contribution in [-0.2, 0) is 16.0 Å². The quantitative estimate of drug-likeness (QED) is 0.620. The highest BCUT2D eigenvalue weighted by molar-refractivity contribution is 7.80. The molecular weight excluding hydrogens is 252 g/mol. The van der Waals surface area contributed by atoms with Crippen molar-refractivity contribution in [1.82, 2.24) is 10.6 Å². The van der Waals surface area contributed by atoms with Crippen molar-refractivity contribution < 1.29 is 14.3 Å². The largest absolute Gasteiger partial charge is 0.465 e. The molecule has 96 valence electrons. The Hall–Kier alpha value is -1.95. The van der Waals surface area contributed by atoms with E-state index in [0.29, 0.717) is 5.56 Å². The van der Waals surface area contributed by atoms with Crippen molar-refractivity contribution in [2.75, 3.05) is 14.2 Å². The first kappa shape index (κ1) is 14.1. The maximum Gasteiger partial charge on any atom is 0.337 e. The van der Waals surface area contributed by atoms with Crippen molar-refractivity contribution >= 4 is 29.2 Å². The van der Waals surface area contributed by atoms with Crippen molar-refractivity contribution in [2.24, 2.45) is 0 Å². The van der Waals surface area contributed by atoms with Gasteiger partial charge in [0.1, 0.15) is 0 Å². The van der Waals surface area contributed by atoms with E-state index in [4.69, 9.17) is 12.2 Å². The second kappa shape index (κ2) is 6.70. The standard InChI is InChI=1S/C12H14N2O3S/c1-13-12(18)14-10(15)7-8-3-5-9(6-4-8)11(16)17-2/h3-6H,7H2,1-2H3,(H2,13,14,15,18). The van der Waals surface area contributed by atoms with E-state index in [2.05, 4.69) is 15.4 Å². The van der Waals surface area contributed by atoms with Crippen LogP contribution in [0.5, 0.6) is 0 Å². The molecule has 0 aliphatic carbocycles. The van der Waals surface area contributed by atoms with E-state index in [1.54, 1.807) is 31.3 Å². The van der Waals surface area contributed by atoms with Gasteiger partial charge >= 0.3 is 5.97 Å². The lowest BCUT2D eigenvalue weighted by molar-refractivity contribution is -0.119. The summed E-state index contributed by atoms with van der Waals surface area (Å²) in [6, 6.07) is 6.64. The summed E-state index contributed by atoms with van der Waals surface area (Å²) in [6.07, 6.45) is 0.198. The third-order valence-electron chi connectivity index (χ3n) is 2.22. The van der Waals surface area contributed by atoms with Crippen molar-refractivity contribution in [1.29, 1.82) is 0 Å². The summed E-state index contributed by atoms with van der Waals surface area (Å²) in [7, 11) is 2.95. The average molecular weight is 266 g/mol. The smallest absolute Gasteiger partial charge is 0.337 e. The van der Waals surface area contributed by atoms with Crippen LogP contribution in [0, 0.1) is 0 Å². The number of thiocarbonyl (C=S) groups is 1. The van der Waals surface area contributed by atoms with Crippen LogP contribution < -0.4 is 10.6 Å². The van der Waals surface area contributed by atoms with Crippen LogP contribution >= 0.6 is 12.2 Å². The number of methoxy groups -OCH3 is 1. The number of carbonyl (C=O) groups is 2. The molecule has 1 rings (SSSR count). The minimum absolute atomic E-state index is 0.198. The first-order chi connectivity index (χ1) is 8.56. The number of hydrogen-bond donors (Lipinski definition) is 2. The molecule has 0 heterocycles. The Labute approximate surface area is 111 Å². The van der Waals surface area contributed by atoms with E-state index < -0.39 is 5.97 Å². The minimum atomic E-state index is -0.401. The van der Waals surface area contributed by atoms with E-state index in [1.807, 2.05) is 0 Å². The van der Waals surface area contributed by atoms with E-state index >= 15 is 0 Å². The van der Waals surface area contributed by atoms with Crippen LogP contribution in [-0.4, -0.2) is 31.1 Å². The fourth-order valence-electron chi connectivity index (χ4n) is 1.30. The first-order valence-electron chi connectivity index (χ1n) is 5.25. The molecule has 1 amide bonds. The topological polar surface area (TPSA) is 67.4 Å². The SMILES string of the molecule is CNC(=S)NC(=O)Cc1ccc(C(=O)OC)cc1. The number of hydrogen-bond acceptors (Lipinski definition) is 4. The Bertz CT molecular complexity index is 457. The summed E-state index contributed by atoms with van der Waals surface area (Å²) in [5, 5.41) is 5.45. The Balaban J connectivity index is 2.61. The highest BCUT2D eigenvalue weighted by Crippen LogP contribution is 2.06. The van der Waals surface area contributed by atoms with Crippen molar-refractivity contribution in [3.05, 3.63) is 35.4 Å².